The van der Waals surface area contributed by atoms with Gasteiger partial charge in [-0.15, -0.1) is 11.3 Å². The molecule has 0 spiro atoms. The van der Waals surface area contributed by atoms with Gasteiger partial charge in [-0.3, -0.25) is 4.79 Å². The van der Waals surface area contributed by atoms with E-state index in [1.54, 1.807) is 11.3 Å². The number of halogens is 3. The first-order valence-electron chi connectivity index (χ1n) is 8.70. The number of aliphatic imine (C=N–C) groups is 1. The minimum absolute atomic E-state index is 0.316. The maximum Gasteiger partial charge on any atom is 0.246 e. The fourth-order valence-corrected chi connectivity index (χ4v) is 3.17. The molecule has 1 amide bonds. The number of carbonyl (C=O) groups excluding carboxylic acids is 1. The second kappa shape index (κ2) is 10.1. The van der Waals surface area contributed by atoms with E-state index in [0.717, 1.165) is 22.8 Å². The van der Waals surface area contributed by atoms with Crippen molar-refractivity contribution in [3.8, 4) is 0 Å². The molecule has 28 heavy (non-hydrogen) atoms. The quantitative estimate of drug-likeness (QED) is 0.371. The molecule has 3 N–H and O–H groups in total. The van der Waals surface area contributed by atoms with E-state index in [9.17, 15) is 18.0 Å². The maximum atomic E-state index is 13.6. The number of hydrogen-bond acceptors (Lipinski definition) is 4. The molecule has 0 bridgehead atoms. The molecule has 0 aliphatic rings. The van der Waals surface area contributed by atoms with Crippen LogP contribution in [0.1, 0.15) is 22.5 Å². The maximum absolute atomic E-state index is 13.6. The Kier molecular flexibility index (Phi) is 7.80. The summed E-state index contributed by atoms with van der Waals surface area (Å²) in [6.07, 6.45) is 0.704. The van der Waals surface area contributed by atoms with E-state index in [2.05, 4.69) is 25.9 Å². The fourth-order valence-electron chi connectivity index (χ4n) is 2.24. The molecule has 0 fully saturated rings. The third-order valence-electron chi connectivity index (χ3n) is 3.74. The zero-order valence-electron chi connectivity index (χ0n) is 15.8. The number of hydrogen-bond donors (Lipinski definition) is 3. The van der Waals surface area contributed by atoms with Crippen molar-refractivity contribution in [2.45, 2.75) is 27.2 Å². The lowest BCUT2D eigenvalue weighted by Crippen LogP contribution is -2.39. The Morgan fingerprint density at radius 2 is 1.93 bits per heavy atom. The van der Waals surface area contributed by atoms with Crippen LogP contribution >= 0.6 is 11.3 Å². The number of aryl methyl sites for hydroxylation is 2. The number of anilines is 1. The van der Waals surface area contributed by atoms with Crippen LogP contribution in [0.25, 0.3) is 0 Å². The van der Waals surface area contributed by atoms with Gasteiger partial charge in [0.1, 0.15) is 6.54 Å². The number of benzene rings is 1. The van der Waals surface area contributed by atoms with E-state index >= 15 is 0 Å². The molecule has 152 valence electrons. The number of guanidine groups is 1. The molecule has 10 heteroatoms. The van der Waals surface area contributed by atoms with Gasteiger partial charge in [-0.2, -0.15) is 0 Å². The smallest absolute Gasteiger partial charge is 0.246 e. The summed E-state index contributed by atoms with van der Waals surface area (Å²) in [5, 5.41) is 9.26. The first-order chi connectivity index (χ1) is 13.3. The summed E-state index contributed by atoms with van der Waals surface area (Å²) in [7, 11) is 0. The van der Waals surface area contributed by atoms with E-state index in [-0.39, 0.29) is 6.54 Å². The van der Waals surface area contributed by atoms with Crippen molar-refractivity contribution in [1.82, 2.24) is 15.6 Å². The first kappa shape index (κ1) is 21.7. The lowest BCUT2D eigenvalue weighted by Gasteiger charge is -2.11. The molecule has 0 aliphatic carbocycles. The second-order valence-corrected chi connectivity index (χ2v) is 7.18. The predicted molar refractivity (Wildman–Crippen MR) is 104 cm³/mol. The van der Waals surface area contributed by atoms with Crippen LogP contribution in [0.3, 0.4) is 0 Å². The van der Waals surface area contributed by atoms with E-state index < -0.39 is 29.0 Å². The lowest BCUT2D eigenvalue weighted by molar-refractivity contribution is -0.114. The van der Waals surface area contributed by atoms with Gasteiger partial charge in [-0.25, -0.2) is 23.1 Å². The third-order valence-corrected chi connectivity index (χ3v) is 4.87. The average Bonchev–Trinajstić information content (AvgIpc) is 2.98. The number of carbonyl (C=O) groups is 1. The summed E-state index contributed by atoms with van der Waals surface area (Å²) in [4.78, 5) is 21.7. The molecule has 2 aromatic rings. The summed E-state index contributed by atoms with van der Waals surface area (Å²) < 4.78 is 39.7. The van der Waals surface area contributed by atoms with Crippen LogP contribution in [0.15, 0.2) is 17.1 Å². The number of rotatable bonds is 7. The van der Waals surface area contributed by atoms with Crippen molar-refractivity contribution < 1.29 is 18.0 Å². The molecule has 1 aromatic carbocycles. The van der Waals surface area contributed by atoms with Gasteiger partial charge < -0.3 is 16.0 Å². The Labute approximate surface area is 165 Å². The minimum atomic E-state index is -1.64. The van der Waals surface area contributed by atoms with Gasteiger partial charge in [0, 0.05) is 24.4 Å². The van der Waals surface area contributed by atoms with Crippen LogP contribution in [0, 0.1) is 31.3 Å². The lowest BCUT2D eigenvalue weighted by atomic mass is 10.3. The Balaban J connectivity index is 1.90. The molecule has 0 atom stereocenters. The largest absolute Gasteiger partial charge is 0.357 e. The standard InChI is InChI=1S/C18H22F3N5OS/c1-4-22-18(23-8-7-15-25-10(2)11(3)28-15)24-9-14(27)26-13-6-5-12(19)16(20)17(13)21/h5-6H,4,7-9H2,1-3H3,(H,26,27)(H2,22,23,24). The molecule has 1 heterocycles. The summed E-state index contributed by atoms with van der Waals surface area (Å²) in [5.41, 5.74) is 0.577. The fraction of sp³-hybridized carbons (Fsp3) is 0.389. The van der Waals surface area contributed by atoms with Gasteiger partial charge >= 0.3 is 0 Å². The Morgan fingerprint density at radius 1 is 1.18 bits per heavy atom. The van der Waals surface area contributed by atoms with Crippen molar-refractivity contribution in [3.05, 3.63) is 45.2 Å². The van der Waals surface area contributed by atoms with Gasteiger partial charge in [0.15, 0.2) is 23.4 Å². The monoisotopic (exact) mass is 413 g/mol. The molecule has 0 saturated heterocycles. The van der Waals surface area contributed by atoms with Gasteiger partial charge in [0.25, 0.3) is 0 Å². The molecule has 0 aliphatic heterocycles. The van der Waals surface area contributed by atoms with Crippen molar-refractivity contribution in [2.24, 2.45) is 4.99 Å². The van der Waals surface area contributed by atoms with E-state index in [0.29, 0.717) is 25.5 Å². The van der Waals surface area contributed by atoms with Crippen LogP contribution in [0.5, 0.6) is 0 Å². The second-order valence-electron chi connectivity index (χ2n) is 5.89. The number of nitrogens with zero attached hydrogens (tertiary/aromatic N) is 2. The molecule has 0 saturated carbocycles. The zero-order valence-corrected chi connectivity index (χ0v) is 16.6. The summed E-state index contributed by atoms with van der Waals surface area (Å²) >= 11 is 1.63. The van der Waals surface area contributed by atoms with Crippen LogP contribution in [-0.4, -0.2) is 36.5 Å². The molecular weight excluding hydrogens is 391 g/mol. The van der Waals surface area contributed by atoms with Crippen LogP contribution in [0.2, 0.25) is 0 Å². The van der Waals surface area contributed by atoms with Crippen LogP contribution in [-0.2, 0) is 11.2 Å². The Bertz CT molecular complexity index is 850. The third kappa shape index (κ3) is 5.95. The Morgan fingerprint density at radius 3 is 2.57 bits per heavy atom. The highest BCUT2D eigenvalue weighted by Crippen LogP contribution is 2.19. The topological polar surface area (TPSA) is 78.4 Å². The van der Waals surface area contributed by atoms with E-state index in [4.69, 9.17) is 0 Å². The minimum Gasteiger partial charge on any atom is -0.357 e. The highest BCUT2D eigenvalue weighted by Gasteiger charge is 2.15. The van der Waals surface area contributed by atoms with E-state index in [1.807, 2.05) is 20.8 Å². The molecule has 2 rings (SSSR count). The number of thiazole rings is 1. The molecule has 6 nitrogen and oxygen atoms in total. The highest BCUT2D eigenvalue weighted by atomic mass is 32.1. The van der Waals surface area contributed by atoms with Gasteiger partial charge in [0.2, 0.25) is 5.91 Å². The summed E-state index contributed by atoms with van der Waals surface area (Å²) in [5.74, 6) is -4.65. The van der Waals surface area contributed by atoms with Crippen LogP contribution < -0.4 is 16.0 Å². The van der Waals surface area contributed by atoms with E-state index in [1.165, 1.54) is 4.88 Å². The number of aromatic nitrogens is 1. The van der Waals surface area contributed by atoms with Gasteiger partial charge in [-0.1, -0.05) is 0 Å². The SMILES string of the molecule is CCNC(=NCC(=O)Nc1ccc(F)c(F)c1F)NCCc1nc(C)c(C)s1. The van der Waals surface area contributed by atoms with Gasteiger partial charge in [0.05, 0.1) is 16.4 Å². The molecule has 0 unspecified atom stereocenters. The number of amides is 1. The number of nitrogens with one attached hydrogen (secondary N) is 3. The van der Waals surface area contributed by atoms with Crippen LogP contribution in [0.4, 0.5) is 18.9 Å². The van der Waals surface area contributed by atoms with Crippen molar-refractivity contribution in [3.63, 3.8) is 0 Å². The van der Waals surface area contributed by atoms with Crippen molar-refractivity contribution >= 4 is 28.9 Å². The molecule has 0 radical (unpaired) electrons. The molecule has 1 aromatic heterocycles. The average molecular weight is 413 g/mol. The Hall–Kier alpha value is -2.62. The summed E-state index contributed by atoms with van der Waals surface area (Å²) in [6.45, 7) is 6.69. The highest BCUT2D eigenvalue weighted by molar-refractivity contribution is 7.11. The van der Waals surface area contributed by atoms with Crippen molar-refractivity contribution in [2.75, 3.05) is 25.0 Å². The zero-order chi connectivity index (χ0) is 20.7. The predicted octanol–water partition coefficient (Wildman–Crippen LogP) is 2.91. The molecular formula is C18H22F3N5OS. The van der Waals surface area contributed by atoms with Crippen molar-refractivity contribution in [1.29, 1.82) is 0 Å². The summed E-state index contributed by atoms with van der Waals surface area (Å²) in [6, 6.07) is 1.70. The normalized spacial score (nSPS) is 11.4. The van der Waals surface area contributed by atoms with Gasteiger partial charge in [-0.05, 0) is 32.9 Å². The first-order valence-corrected chi connectivity index (χ1v) is 9.51.